The van der Waals surface area contributed by atoms with Crippen molar-refractivity contribution in [3.8, 4) is 28.8 Å². The number of nitrogens with zero attached hydrogens (tertiary/aromatic N) is 1. The standard InChI is InChI=1S/C24H22ClFN4O2/c1-24(2,26)10-7-14-13-27-11-8-15(14)20-21(19-17(29-20)9-12-28-23(19)31)30-18-6-4-5-16(25)22(18)32-3/h4-6,8,11,13,29-30H,9,12H2,1-3H3,(H,28,31). The molecule has 0 spiro atoms. The van der Waals surface area contributed by atoms with E-state index in [0.29, 0.717) is 57.5 Å². The Bertz CT molecular complexity index is 1250. The lowest BCUT2D eigenvalue weighted by Gasteiger charge is -2.17. The molecular weight excluding hydrogens is 431 g/mol. The minimum atomic E-state index is -1.66. The first kappa shape index (κ1) is 21.7. The third-order valence-electron chi connectivity index (χ3n) is 4.98. The molecule has 3 heterocycles. The van der Waals surface area contributed by atoms with Gasteiger partial charge in [-0.2, -0.15) is 0 Å². The van der Waals surface area contributed by atoms with Gasteiger partial charge in [-0.15, -0.1) is 0 Å². The summed E-state index contributed by atoms with van der Waals surface area (Å²) in [5.41, 5.74) is 2.71. The number of alkyl halides is 1. The number of para-hydroxylation sites is 1. The molecule has 0 saturated carbocycles. The number of hydrogen-bond acceptors (Lipinski definition) is 4. The Hall–Kier alpha value is -3.50. The molecule has 8 heteroatoms. The quantitative estimate of drug-likeness (QED) is 0.493. The molecule has 32 heavy (non-hydrogen) atoms. The van der Waals surface area contributed by atoms with Crippen LogP contribution < -0.4 is 15.4 Å². The third kappa shape index (κ3) is 4.27. The van der Waals surface area contributed by atoms with Crippen LogP contribution in [0.1, 0.15) is 35.5 Å². The average Bonchev–Trinajstić information content (AvgIpc) is 3.11. The lowest BCUT2D eigenvalue weighted by atomic mass is 10.0. The van der Waals surface area contributed by atoms with Crippen molar-refractivity contribution in [1.29, 1.82) is 0 Å². The monoisotopic (exact) mass is 452 g/mol. The highest BCUT2D eigenvalue weighted by atomic mass is 35.5. The fourth-order valence-corrected chi connectivity index (χ4v) is 3.84. The SMILES string of the molecule is COc1c(Cl)cccc1Nc1c(-c2ccncc2C#CC(C)(C)F)[nH]c2c1C(=O)NCC2. The van der Waals surface area contributed by atoms with Gasteiger partial charge in [0, 0.05) is 36.6 Å². The zero-order chi connectivity index (χ0) is 22.9. The van der Waals surface area contributed by atoms with E-state index in [0.717, 1.165) is 5.69 Å². The maximum atomic E-state index is 14.0. The smallest absolute Gasteiger partial charge is 0.255 e. The van der Waals surface area contributed by atoms with E-state index >= 15 is 0 Å². The van der Waals surface area contributed by atoms with Crippen molar-refractivity contribution >= 4 is 28.9 Å². The number of ether oxygens (including phenoxy) is 1. The van der Waals surface area contributed by atoms with Crippen molar-refractivity contribution in [2.75, 3.05) is 19.0 Å². The van der Waals surface area contributed by atoms with Crippen LogP contribution in [-0.2, 0) is 6.42 Å². The Morgan fingerprint density at radius 1 is 1.31 bits per heavy atom. The van der Waals surface area contributed by atoms with E-state index in [-0.39, 0.29) is 5.91 Å². The molecule has 0 radical (unpaired) electrons. The molecule has 0 saturated heterocycles. The summed E-state index contributed by atoms with van der Waals surface area (Å²) in [4.78, 5) is 20.3. The van der Waals surface area contributed by atoms with E-state index in [4.69, 9.17) is 16.3 Å². The van der Waals surface area contributed by atoms with E-state index in [1.807, 2.05) is 6.07 Å². The first-order chi connectivity index (χ1) is 15.3. The van der Waals surface area contributed by atoms with Gasteiger partial charge in [-0.1, -0.05) is 29.5 Å². The van der Waals surface area contributed by atoms with Gasteiger partial charge in [-0.3, -0.25) is 9.78 Å². The molecule has 164 valence electrons. The summed E-state index contributed by atoms with van der Waals surface area (Å²) in [5.74, 6) is 5.76. The van der Waals surface area contributed by atoms with E-state index in [9.17, 15) is 9.18 Å². The normalized spacial score (nSPS) is 13.0. The second kappa shape index (κ2) is 8.56. The molecule has 2 aromatic heterocycles. The number of hydrogen-bond donors (Lipinski definition) is 3. The number of halogens is 2. The zero-order valence-corrected chi connectivity index (χ0v) is 18.7. The molecule has 1 aliphatic rings. The lowest BCUT2D eigenvalue weighted by molar-refractivity contribution is 0.0947. The highest BCUT2D eigenvalue weighted by molar-refractivity contribution is 6.32. The third-order valence-corrected chi connectivity index (χ3v) is 5.28. The molecule has 3 N–H and O–H groups in total. The van der Waals surface area contributed by atoms with Gasteiger partial charge in [0.2, 0.25) is 0 Å². The van der Waals surface area contributed by atoms with Crippen molar-refractivity contribution in [3.05, 3.63) is 58.5 Å². The molecule has 4 rings (SSSR count). The second-order valence-electron chi connectivity index (χ2n) is 7.82. The summed E-state index contributed by atoms with van der Waals surface area (Å²) in [6.07, 6.45) is 3.86. The number of H-pyrrole nitrogens is 1. The fraction of sp³-hybridized carbons (Fsp3) is 0.250. The number of anilines is 2. The Kier molecular flexibility index (Phi) is 5.81. The van der Waals surface area contributed by atoms with Crippen molar-refractivity contribution in [2.45, 2.75) is 25.9 Å². The number of nitrogens with one attached hydrogen (secondary N) is 3. The van der Waals surface area contributed by atoms with Crippen molar-refractivity contribution < 1.29 is 13.9 Å². The summed E-state index contributed by atoms with van der Waals surface area (Å²) >= 11 is 6.29. The summed E-state index contributed by atoms with van der Waals surface area (Å²) in [7, 11) is 1.53. The molecule has 0 fully saturated rings. The number of carbonyl (C=O) groups excluding carboxylic acids is 1. The molecule has 1 aliphatic heterocycles. The highest BCUT2D eigenvalue weighted by Gasteiger charge is 2.28. The van der Waals surface area contributed by atoms with Gasteiger partial charge in [-0.25, -0.2) is 4.39 Å². The summed E-state index contributed by atoms with van der Waals surface area (Å²) in [6.45, 7) is 3.32. The maximum absolute atomic E-state index is 14.0. The molecule has 3 aromatic rings. The van der Waals surface area contributed by atoms with Crippen LogP contribution in [0.2, 0.25) is 5.02 Å². The number of rotatable bonds is 4. The van der Waals surface area contributed by atoms with E-state index in [1.54, 1.807) is 30.6 Å². The van der Waals surface area contributed by atoms with Crippen LogP contribution in [0.15, 0.2) is 36.7 Å². The predicted octanol–water partition coefficient (Wildman–Crippen LogP) is 4.87. The molecule has 0 unspecified atom stereocenters. The number of benzene rings is 1. The zero-order valence-electron chi connectivity index (χ0n) is 17.9. The van der Waals surface area contributed by atoms with Gasteiger partial charge in [0.15, 0.2) is 11.4 Å². The number of fused-ring (bicyclic) bond motifs is 1. The first-order valence-corrected chi connectivity index (χ1v) is 10.5. The van der Waals surface area contributed by atoms with Gasteiger partial charge in [-0.05, 0) is 32.0 Å². The van der Waals surface area contributed by atoms with Crippen molar-refractivity contribution in [1.82, 2.24) is 15.3 Å². The Labute approximate surface area is 190 Å². The van der Waals surface area contributed by atoms with Crippen LogP contribution in [0.4, 0.5) is 15.8 Å². The number of aromatic amines is 1. The van der Waals surface area contributed by atoms with Crippen LogP contribution in [-0.4, -0.2) is 35.2 Å². The number of aromatic nitrogens is 2. The van der Waals surface area contributed by atoms with Crippen LogP contribution in [0.25, 0.3) is 11.3 Å². The van der Waals surface area contributed by atoms with Crippen molar-refractivity contribution in [3.63, 3.8) is 0 Å². The van der Waals surface area contributed by atoms with Crippen LogP contribution in [0.3, 0.4) is 0 Å². The minimum absolute atomic E-state index is 0.191. The molecule has 6 nitrogen and oxygen atoms in total. The molecular formula is C24H22ClFN4O2. The number of carbonyl (C=O) groups is 1. The molecule has 1 aromatic carbocycles. The molecule has 0 atom stereocenters. The van der Waals surface area contributed by atoms with Crippen LogP contribution in [0.5, 0.6) is 5.75 Å². The van der Waals surface area contributed by atoms with Crippen LogP contribution in [0, 0.1) is 11.8 Å². The molecule has 0 aliphatic carbocycles. The number of methoxy groups -OCH3 is 1. The van der Waals surface area contributed by atoms with Gasteiger partial charge in [0.1, 0.15) is 0 Å². The van der Waals surface area contributed by atoms with Gasteiger partial charge < -0.3 is 20.4 Å². The van der Waals surface area contributed by atoms with Gasteiger partial charge in [0.25, 0.3) is 5.91 Å². The Morgan fingerprint density at radius 3 is 2.88 bits per heavy atom. The summed E-state index contributed by atoms with van der Waals surface area (Å²) in [5, 5.41) is 6.65. The highest BCUT2D eigenvalue weighted by Crippen LogP contribution is 2.41. The van der Waals surface area contributed by atoms with Gasteiger partial charge >= 0.3 is 0 Å². The van der Waals surface area contributed by atoms with Crippen molar-refractivity contribution in [2.24, 2.45) is 0 Å². The summed E-state index contributed by atoms with van der Waals surface area (Å²) in [6, 6.07) is 7.11. The Balaban J connectivity index is 1.92. The fourth-order valence-electron chi connectivity index (χ4n) is 3.58. The minimum Gasteiger partial charge on any atom is -0.493 e. The first-order valence-electron chi connectivity index (χ1n) is 10.1. The van der Waals surface area contributed by atoms with E-state index < -0.39 is 5.67 Å². The summed E-state index contributed by atoms with van der Waals surface area (Å²) < 4.78 is 19.5. The molecule has 1 amide bonds. The predicted molar refractivity (Wildman–Crippen MR) is 123 cm³/mol. The van der Waals surface area contributed by atoms with Gasteiger partial charge in [0.05, 0.1) is 40.3 Å². The number of pyridine rings is 1. The topological polar surface area (TPSA) is 79.0 Å². The second-order valence-corrected chi connectivity index (χ2v) is 8.23. The van der Waals surface area contributed by atoms with E-state index in [2.05, 4.69) is 32.4 Å². The van der Waals surface area contributed by atoms with E-state index in [1.165, 1.54) is 21.0 Å². The lowest BCUT2D eigenvalue weighted by Crippen LogP contribution is -2.31. The average molecular weight is 453 g/mol. The largest absolute Gasteiger partial charge is 0.493 e. The molecule has 0 bridgehead atoms. The van der Waals surface area contributed by atoms with Crippen LogP contribution >= 0.6 is 11.6 Å². The Morgan fingerprint density at radius 2 is 2.12 bits per heavy atom. The number of amides is 1. The maximum Gasteiger partial charge on any atom is 0.255 e.